The van der Waals surface area contributed by atoms with Gasteiger partial charge in [-0.25, -0.2) is 4.98 Å². The standard InChI is InChI=1S/C18H15F3N4OS/c19-18(20,21)11-3-1-2-10(6-11)14-8-27-17(23-14)24-16(26)13-7-12-4-5-15(13)25(12)9-22/h1-3,6,8,12-13,15H,4-5,7H2,(H,23,24,26). The Hall–Kier alpha value is -2.60. The maximum atomic E-state index is 12.9. The zero-order valence-electron chi connectivity index (χ0n) is 14.0. The predicted octanol–water partition coefficient (Wildman–Crippen LogP) is 4.10. The zero-order chi connectivity index (χ0) is 19.2. The molecule has 0 radical (unpaired) electrons. The number of halogens is 3. The van der Waals surface area contributed by atoms with Gasteiger partial charge < -0.3 is 10.2 Å². The van der Waals surface area contributed by atoms with E-state index in [2.05, 4.69) is 16.5 Å². The van der Waals surface area contributed by atoms with Crippen LogP contribution in [-0.2, 0) is 11.0 Å². The van der Waals surface area contributed by atoms with E-state index in [1.807, 2.05) is 0 Å². The summed E-state index contributed by atoms with van der Waals surface area (Å²) in [5.41, 5.74) is -0.0118. The van der Waals surface area contributed by atoms with Crippen LogP contribution in [0.1, 0.15) is 24.8 Å². The molecule has 4 rings (SSSR count). The van der Waals surface area contributed by atoms with Crippen LogP contribution >= 0.6 is 11.3 Å². The zero-order valence-corrected chi connectivity index (χ0v) is 14.8. The molecule has 1 amide bonds. The third-order valence-electron chi connectivity index (χ3n) is 5.21. The quantitative estimate of drug-likeness (QED) is 0.799. The number of rotatable bonds is 3. The van der Waals surface area contributed by atoms with Gasteiger partial charge in [-0.2, -0.15) is 18.4 Å². The van der Waals surface area contributed by atoms with Crippen molar-refractivity contribution in [2.45, 2.75) is 37.5 Å². The summed E-state index contributed by atoms with van der Waals surface area (Å²) in [6, 6.07) is 5.00. The van der Waals surface area contributed by atoms with Crippen molar-refractivity contribution in [2.75, 3.05) is 5.32 Å². The van der Waals surface area contributed by atoms with Crippen molar-refractivity contribution in [3.8, 4) is 17.5 Å². The number of nitrogens with one attached hydrogen (secondary N) is 1. The average Bonchev–Trinajstić information content (AvgIpc) is 3.35. The molecule has 2 saturated heterocycles. The number of nitriles is 1. The molecule has 2 aromatic rings. The minimum atomic E-state index is -4.42. The molecule has 0 aliphatic carbocycles. The van der Waals surface area contributed by atoms with Crippen LogP contribution in [0, 0.1) is 17.4 Å². The number of alkyl halides is 3. The lowest BCUT2D eigenvalue weighted by Gasteiger charge is -2.19. The number of carbonyl (C=O) groups excluding carboxylic acids is 1. The maximum Gasteiger partial charge on any atom is 0.416 e. The molecule has 0 saturated carbocycles. The van der Waals surface area contributed by atoms with Crippen molar-refractivity contribution in [1.82, 2.24) is 9.88 Å². The molecule has 3 atom stereocenters. The minimum Gasteiger partial charge on any atom is -0.304 e. The van der Waals surface area contributed by atoms with Gasteiger partial charge in [0.05, 0.1) is 23.2 Å². The summed E-state index contributed by atoms with van der Waals surface area (Å²) < 4.78 is 38.6. The first-order chi connectivity index (χ1) is 12.9. The third kappa shape index (κ3) is 3.25. The lowest BCUT2D eigenvalue weighted by molar-refractivity contribution is -0.137. The van der Waals surface area contributed by atoms with Crippen LogP contribution in [0.15, 0.2) is 29.6 Å². The van der Waals surface area contributed by atoms with Gasteiger partial charge >= 0.3 is 6.18 Å². The summed E-state index contributed by atoms with van der Waals surface area (Å²) in [6.45, 7) is 0. The summed E-state index contributed by atoms with van der Waals surface area (Å²) >= 11 is 1.17. The number of fused-ring (bicyclic) bond motifs is 2. The molecule has 3 unspecified atom stereocenters. The number of benzene rings is 1. The van der Waals surface area contributed by atoms with E-state index < -0.39 is 11.7 Å². The highest BCUT2D eigenvalue weighted by Gasteiger charge is 2.49. The first-order valence-electron chi connectivity index (χ1n) is 8.49. The fraction of sp³-hybridized carbons (Fsp3) is 0.389. The molecule has 0 spiro atoms. The molecule has 140 valence electrons. The molecule has 1 aromatic heterocycles. The van der Waals surface area contributed by atoms with Crippen molar-refractivity contribution < 1.29 is 18.0 Å². The highest BCUT2D eigenvalue weighted by molar-refractivity contribution is 7.14. The van der Waals surface area contributed by atoms with Gasteiger partial charge in [0.15, 0.2) is 11.3 Å². The van der Waals surface area contributed by atoms with Gasteiger partial charge in [-0.05, 0) is 31.4 Å². The monoisotopic (exact) mass is 392 g/mol. The smallest absolute Gasteiger partial charge is 0.304 e. The number of anilines is 1. The van der Waals surface area contributed by atoms with Gasteiger partial charge in [-0.1, -0.05) is 12.1 Å². The third-order valence-corrected chi connectivity index (χ3v) is 5.97. The van der Waals surface area contributed by atoms with Crippen LogP contribution in [0.25, 0.3) is 11.3 Å². The van der Waals surface area contributed by atoms with Gasteiger partial charge in [0.2, 0.25) is 5.91 Å². The Morgan fingerprint density at radius 2 is 2.19 bits per heavy atom. The van der Waals surface area contributed by atoms with Crippen molar-refractivity contribution >= 4 is 22.4 Å². The Morgan fingerprint density at radius 3 is 2.89 bits per heavy atom. The largest absolute Gasteiger partial charge is 0.416 e. The number of carbonyl (C=O) groups is 1. The molecule has 2 bridgehead atoms. The molecule has 5 nitrogen and oxygen atoms in total. The fourth-order valence-corrected chi connectivity index (χ4v) is 4.67. The van der Waals surface area contributed by atoms with Crippen LogP contribution in [-0.4, -0.2) is 27.9 Å². The van der Waals surface area contributed by atoms with Gasteiger partial charge in [-0.3, -0.25) is 4.79 Å². The number of amides is 1. The topological polar surface area (TPSA) is 69.0 Å². The van der Waals surface area contributed by atoms with E-state index in [9.17, 15) is 23.2 Å². The molecule has 27 heavy (non-hydrogen) atoms. The van der Waals surface area contributed by atoms with Crippen molar-refractivity contribution in [2.24, 2.45) is 5.92 Å². The first-order valence-corrected chi connectivity index (χ1v) is 9.37. The fourth-order valence-electron chi connectivity index (χ4n) is 3.94. The Kier molecular flexibility index (Phi) is 4.30. The number of hydrogen-bond acceptors (Lipinski definition) is 5. The summed E-state index contributed by atoms with van der Waals surface area (Å²) in [5, 5.41) is 13.9. The lowest BCUT2D eigenvalue weighted by Crippen LogP contribution is -2.33. The molecule has 2 fully saturated rings. The van der Waals surface area contributed by atoms with E-state index in [0.717, 1.165) is 25.0 Å². The van der Waals surface area contributed by atoms with Gasteiger partial charge in [0.25, 0.3) is 0 Å². The van der Waals surface area contributed by atoms with Gasteiger partial charge in [0.1, 0.15) is 0 Å². The molecule has 2 aliphatic rings. The van der Waals surface area contributed by atoms with Crippen LogP contribution in [0.2, 0.25) is 0 Å². The Bertz CT molecular complexity index is 920. The van der Waals surface area contributed by atoms with E-state index in [-0.39, 0.29) is 23.9 Å². The summed E-state index contributed by atoms with van der Waals surface area (Å²) in [7, 11) is 0. The molecule has 2 aliphatic heterocycles. The highest BCUT2D eigenvalue weighted by atomic mass is 32.1. The summed E-state index contributed by atoms with van der Waals surface area (Å²) in [6.07, 6.45) is 0.148. The summed E-state index contributed by atoms with van der Waals surface area (Å²) in [5.74, 6) is -0.448. The van der Waals surface area contributed by atoms with E-state index in [0.29, 0.717) is 22.8 Å². The maximum absolute atomic E-state index is 12.9. The van der Waals surface area contributed by atoms with Gasteiger partial charge in [-0.15, -0.1) is 11.3 Å². The second kappa shape index (κ2) is 6.53. The first kappa shape index (κ1) is 17.8. The normalized spacial score (nSPS) is 24.1. The predicted molar refractivity (Wildman–Crippen MR) is 93.6 cm³/mol. The Morgan fingerprint density at radius 1 is 1.37 bits per heavy atom. The molecule has 3 heterocycles. The minimum absolute atomic E-state index is 0.0668. The molecular formula is C18H15F3N4OS. The van der Waals surface area contributed by atoms with Crippen molar-refractivity contribution in [3.63, 3.8) is 0 Å². The van der Waals surface area contributed by atoms with Crippen LogP contribution in [0.3, 0.4) is 0 Å². The lowest BCUT2D eigenvalue weighted by atomic mass is 9.88. The molecular weight excluding hydrogens is 377 g/mol. The average molecular weight is 392 g/mol. The van der Waals surface area contributed by atoms with Crippen LogP contribution in [0.5, 0.6) is 0 Å². The summed E-state index contributed by atoms with van der Waals surface area (Å²) in [4.78, 5) is 18.5. The Balaban J connectivity index is 1.48. The van der Waals surface area contributed by atoms with E-state index >= 15 is 0 Å². The van der Waals surface area contributed by atoms with Crippen molar-refractivity contribution in [3.05, 3.63) is 35.2 Å². The number of aromatic nitrogens is 1. The molecule has 1 aromatic carbocycles. The van der Waals surface area contributed by atoms with Crippen molar-refractivity contribution in [1.29, 1.82) is 5.26 Å². The Labute approximate surface area is 157 Å². The number of hydrogen-bond donors (Lipinski definition) is 1. The molecule has 9 heteroatoms. The van der Waals surface area contributed by atoms with E-state index in [4.69, 9.17) is 0 Å². The van der Waals surface area contributed by atoms with Crippen LogP contribution in [0.4, 0.5) is 18.3 Å². The number of thiazole rings is 1. The molecule has 1 N–H and O–H groups in total. The second-order valence-electron chi connectivity index (χ2n) is 6.75. The number of nitrogens with zero attached hydrogens (tertiary/aromatic N) is 3. The second-order valence-corrected chi connectivity index (χ2v) is 7.61. The highest BCUT2D eigenvalue weighted by Crippen LogP contribution is 2.41. The van der Waals surface area contributed by atoms with Crippen LogP contribution < -0.4 is 5.32 Å². The van der Waals surface area contributed by atoms with Gasteiger partial charge in [0, 0.05) is 17.0 Å². The SMILES string of the molecule is N#CN1C2CCC1C(C(=O)Nc1nc(-c3cccc(C(F)(F)F)c3)cs1)C2. The van der Waals surface area contributed by atoms with E-state index in [1.165, 1.54) is 17.4 Å². The van der Waals surface area contributed by atoms with E-state index in [1.54, 1.807) is 16.3 Å².